The van der Waals surface area contributed by atoms with Gasteiger partial charge in [0, 0.05) is 38.1 Å². The quantitative estimate of drug-likeness (QED) is 0.865. The van der Waals surface area contributed by atoms with E-state index in [1.54, 1.807) is 41.6 Å². The average Bonchev–Trinajstić information content (AvgIpc) is 2.61. The minimum absolute atomic E-state index is 0.0161. The molecule has 1 aliphatic heterocycles. The molecule has 0 radical (unpaired) electrons. The number of benzene rings is 1. The molecule has 0 atom stereocenters. The van der Waals surface area contributed by atoms with Crippen molar-refractivity contribution in [2.75, 3.05) is 37.7 Å². The topological polar surface area (TPSA) is 45.7 Å². The number of anilines is 1. The number of ether oxygens (including phenoxy) is 1. The summed E-state index contributed by atoms with van der Waals surface area (Å²) in [7, 11) is 0. The maximum atomic E-state index is 13.0. The van der Waals surface area contributed by atoms with E-state index in [9.17, 15) is 9.18 Å². The molecule has 5 nitrogen and oxygen atoms in total. The molecule has 1 saturated heterocycles. The Balaban J connectivity index is 1.48. The Labute approximate surface area is 134 Å². The maximum absolute atomic E-state index is 13.0. The van der Waals surface area contributed by atoms with Crippen LogP contribution in [0, 0.1) is 5.82 Å². The molecule has 0 N–H and O–H groups in total. The molecule has 3 rings (SSSR count). The largest absolute Gasteiger partial charge is 0.482 e. The van der Waals surface area contributed by atoms with Crippen molar-refractivity contribution in [2.45, 2.75) is 0 Å². The van der Waals surface area contributed by atoms with E-state index in [1.807, 2.05) is 0 Å². The molecule has 1 aliphatic rings. The highest BCUT2D eigenvalue weighted by Gasteiger charge is 2.21. The number of amides is 1. The van der Waals surface area contributed by atoms with Gasteiger partial charge in [0.25, 0.3) is 5.91 Å². The van der Waals surface area contributed by atoms with Crippen molar-refractivity contribution >= 4 is 11.6 Å². The summed E-state index contributed by atoms with van der Waals surface area (Å²) in [6, 6.07) is 9.97. The van der Waals surface area contributed by atoms with Crippen LogP contribution in [0.5, 0.6) is 5.75 Å². The number of halogens is 1. The van der Waals surface area contributed by atoms with Crippen LogP contribution < -0.4 is 9.64 Å². The fourth-order valence-electron chi connectivity index (χ4n) is 2.53. The van der Waals surface area contributed by atoms with Gasteiger partial charge in [0.1, 0.15) is 11.6 Å². The number of pyridine rings is 1. The van der Waals surface area contributed by atoms with Gasteiger partial charge in [-0.1, -0.05) is 0 Å². The molecular weight excluding hydrogens is 297 g/mol. The van der Waals surface area contributed by atoms with Crippen molar-refractivity contribution in [3.05, 3.63) is 54.6 Å². The molecule has 0 unspecified atom stereocenters. The normalized spacial score (nSPS) is 14.7. The fourth-order valence-corrected chi connectivity index (χ4v) is 2.53. The first-order valence-corrected chi connectivity index (χ1v) is 7.53. The van der Waals surface area contributed by atoms with Crippen LogP contribution >= 0.6 is 0 Å². The van der Waals surface area contributed by atoms with Crippen molar-refractivity contribution in [1.82, 2.24) is 9.88 Å². The first-order valence-electron chi connectivity index (χ1n) is 7.53. The number of carbonyl (C=O) groups is 1. The maximum Gasteiger partial charge on any atom is 0.260 e. The summed E-state index contributed by atoms with van der Waals surface area (Å²) >= 11 is 0. The minimum Gasteiger partial charge on any atom is -0.482 e. The number of carbonyl (C=O) groups excluding carboxylic acids is 1. The lowest BCUT2D eigenvalue weighted by atomic mass is 10.2. The van der Waals surface area contributed by atoms with Crippen LogP contribution in [0.25, 0.3) is 0 Å². The van der Waals surface area contributed by atoms with Crippen LogP contribution in [-0.2, 0) is 4.79 Å². The minimum atomic E-state index is -0.241. The van der Waals surface area contributed by atoms with E-state index in [0.717, 1.165) is 18.8 Å². The molecule has 1 fully saturated rings. The van der Waals surface area contributed by atoms with E-state index in [4.69, 9.17) is 4.74 Å². The SMILES string of the molecule is O=C(COc1cccnc1)N1CCN(c2ccc(F)cc2)CC1. The average molecular weight is 315 g/mol. The fraction of sp³-hybridized carbons (Fsp3) is 0.294. The Morgan fingerprint density at radius 2 is 1.87 bits per heavy atom. The van der Waals surface area contributed by atoms with E-state index >= 15 is 0 Å². The van der Waals surface area contributed by atoms with Crippen molar-refractivity contribution in [2.24, 2.45) is 0 Å². The van der Waals surface area contributed by atoms with E-state index in [0.29, 0.717) is 18.8 Å². The van der Waals surface area contributed by atoms with Gasteiger partial charge in [-0.25, -0.2) is 4.39 Å². The molecule has 0 bridgehead atoms. The molecule has 6 heteroatoms. The van der Waals surface area contributed by atoms with Crippen LogP contribution in [-0.4, -0.2) is 48.6 Å². The molecule has 1 amide bonds. The lowest BCUT2D eigenvalue weighted by Crippen LogP contribution is -2.50. The van der Waals surface area contributed by atoms with Gasteiger partial charge in [0.05, 0.1) is 6.20 Å². The number of rotatable bonds is 4. The highest BCUT2D eigenvalue weighted by atomic mass is 19.1. The summed E-state index contributed by atoms with van der Waals surface area (Å²) in [5.74, 6) is 0.313. The van der Waals surface area contributed by atoms with E-state index < -0.39 is 0 Å². The zero-order valence-corrected chi connectivity index (χ0v) is 12.7. The third-order valence-corrected chi connectivity index (χ3v) is 3.82. The van der Waals surface area contributed by atoms with Gasteiger partial charge in [-0.15, -0.1) is 0 Å². The molecule has 1 aromatic heterocycles. The van der Waals surface area contributed by atoms with Gasteiger partial charge < -0.3 is 14.5 Å². The number of hydrogen-bond donors (Lipinski definition) is 0. The van der Waals surface area contributed by atoms with Crippen LogP contribution in [0.15, 0.2) is 48.8 Å². The van der Waals surface area contributed by atoms with Gasteiger partial charge >= 0.3 is 0 Å². The molecule has 0 saturated carbocycles. The first kappa shape index (κ1) is 15.3. The molecule has 1 aromatic carbocycles. The van der Waals surface area contributed by atoms with Crippen LogP contribution in [0.3, 0.4) is 0 Å². The summed E-state index contributed by atoms with van der Waals surface area (Å²) in [6.07, 6.45) is 3.24. The molecule has 0 spiro atoms. The zero-order valence-electron chi connectivity index (χ0n) is 12.7. The molecule has 0 aliphatic carbocycles. The molecule has 2 aromatic rings. The Hall–Kier alpha value is -2.63. The lowest BCUT2D eigenvalue weighted by Gasteiger charge is -2.36. The zero-order chi connectivity index (χ0) is 16.1. The summed E-state index contributed by atoms with van der Waals surface area (Å²) < 4.78 is 18.4. The monoisotopic (exact) mass is 315 g/mol. The summed E-state index contributed by atoms with van der Waals surface area (Å²) in [5, 5.41) is 0. The number of hydrogen-bond acceptors (Lipinski definition) is 4. The predicted molar refractivity (Wildman–Crippen MR) is 84.9 cm³/mol. The van der Waals surface area contributed by atoms with Gasteiger partial charge in [-0.3, -0.25) is 9.78 Å². The van der Waals surface area contributed by atoms with Gasteiger partial charge in [-0.05, 0) is 36.4 Å². The van der Waals surface area contributed by atoms with Gasteiger partial charge in [0.15, 0.2) is 6.61 Å². The molecule has 120 valence electrons. The summed E-state index contributed by atoms with van der Waals surface area (Å²) in [5.41, 5.74) is 0.977. The van der Waals surface area contributed by atoms with Gasteiger partial charge in [0.2, 0.25) is 0 Å². The Kier molecular flexibility index (Phi) is 4.71. The molecular formula is C17H18FN3O2. The summed E-state index contributed by atoms with van der Waals surface area (Å²) in [4.78, 5) is 20.0. The Morgan fingerprint density at radius 1 is 1.13 bits per heavy atom. The van der Waals surface area contributed by atoms with Crippen molar-refractivity contribution < 1.29 is 13.9 Å². The third-order valence-electron chi connectivity index (χ3n) is 3.82. The van der Waals surface area contributed by atoms with Crippen molar-refractivity contribution in [1.29, 1.82) is 0 Å². The second-order valence-electron chi connectivity index (χ2n) is 5.32. The van der Waals surface area contributed by atoms with Crippen molar-refractivity contribution in [3.8, 4) is 5.75 Å². The highest BCUT2D eigenvalue weighted by molar-refractivity contribution is 5.78. The Bertz CT molecular complexity index is 641. The number of nitrogens with zero attached hydrogens (tertiary/aromatic N) is 3. The van der Waals surface area contributed by atoms with Crippen LogP contribution in [0.2, 0.25) is 0 Å². The predicted octanol–water partition coefficient (Wildman–Crippen LogP) is 1.95. The van der Waals surface area contributed by atoms with E-state index in [1.165, 1.54) is 12.1 Å². The number of piperazine rings is 1. The summed E-state index contributed by atoms with van der Waals surface area (Å²) in [6.45, 7) is 2.73. The van der Waals surface area contributed by atoms with E-state index in [2.05, 4.69) is 9.88 Å². The van der Waals surface area contributed by atoms with Crippen LogP contribution in [0.1, 0.15) is 0 Å². The van der Waals surface area contributed by atoms with Crippen LogP contribution in [0.4, 0.5) is 10.1 Å². The number of aromatic nitrogens is 1. The van der Waals surface area contributed by atoms with Crippen molar-refractivity contribution in [3.63, 3.8) is 0 Å². The highest BCUT2D eigenvalue weighted by Crippen LogP contribution is 2.17. The third kappa shape index (κ3) is 3.97. The smallest absolute Gasteiger partial charge is 0.260 e. The second kappa shape index (κ2) is 7.09. The molecule has 23 heavy (non-hydrogen) atoms. The van der Waals surface area contributed by atoms with E-state index in [-0.39, 0.29) is 18.3 Å². The standard InChI is InChI=1S/C17H18FN3O2/c18-14-3-5-15(6-4-14)20-8-10-21(11-9-20)17(22)13-23-16-2-1-7-19-12-16/h1-7,12H,8-11,13H2. The first-order chi connectivity index (χ1) is 11.2. The second-order valence-corrected chi connectivity index (χ2v) is 5.32. The Morgan fingerprint density at radius 3 is 2.52 bits per heavy atom. The molecule has 2 heterocycles. The van der Waals surface area contributed by atoms with Gasteiger partial charge in [-0.2, -0.15) is 0 Å². The lowest BCUT2D eigenvalue weighted by molar-refractivity contribution is -0.133.